The van der Waals surface area contributed by atoms with E-state index in [-0.39, 0.29) is 4.90 Å². The Morgan fingerprint density at radius 1 is 1.17 bits per heavy atom. The first-order valence-corrected chi connectivity index (χ1v) is 9.83. The molecule has 1 atom stereocenters. The van der Waals surface area contributed by atoms with Crippen LogP contribution in [0.15, 0.2) is 40.4 Å². The number of nitrogens with one attached hydrogen (secondary N) is 1. The molecule has 0 aliphatic heterocycles. The van der Waals surface area contributed by atoms with Gasteiger partial charge in [0.25, 0.3) is 0 Å². The predicted octanol–water partition coefficient (Wildman–Crippen LogP) is 4.65. The Bertz CT molecular complexity index is 639. The van der Waals surface area contributed by atoms with Gasteiger partial charge in [0.05, 0.1) is 4.90 Å². The maximum atomic E-state index is 12.3. The molecule has 1 aromatic rings. The zero-order chi connectivity index (χ0) is 16.9. The molecule has 1 fully saturated rings. The highest BCUT2D eigenvalue weighted by Crippen LogP contribution is 2.25. The van der Waals surface area contributed by atoms with Crippen LogP contribution < -0.4 is 5.48 Å². The number of hydroxylamine groups is 1. The minimum absolute atomic E-state index is 0.179. The van der Waals surface area contributed by atoms with E-state index in [0.717, 1.165) is 43.4 Å². The lowest BCUT2D eigenvalue weighted by atomic mass is 9.94. The predicted molar refractivity (Wildman–Crippen MR) is 92.3 cm³/mol. The summed E-state index contributed by atoms with van der Waals surface area (Å²) in [5.41, 5.74) is 5.86. The highest BCUT2D eigenvalue weighted by Gasteiger charge is 2.17. The van der Waals surface area contributed by atoms with Crippen molar-refractivity contribution in [3.8, 4) is 0 Å². The third-order valence-electron chi connectivity index (χ3n) is 4.64. The number of allylic oxidation sites excluding steroid dienone is 2. The average Bonchev–Trinajstić information content (AvgIpc) is 2.60. The Morgan fingerprint density at radius 2 is 1.78 bits per heavy atom. The first-order valence-electron chi connectivity index (χ1n) is 8.42. The molecule has 4 nitrogen and oxygen atoms in total. The average molecular weight is 337 g/mol. The molecule has 2 rings (SSSR count). The summed E-state index contributed by atoms with van der Waals surface area (Å²) in [7, 11) is -3.79. The van der Waals surface area contributed by atoms with E-state index >= 15 is 0 Å². The second-order valence-corrected chi connectivity index (χ2v) is 7.85. The fourth-order valence-corrected chi connectivity index (χ4v) is 3.59. The minimum Gasteiger partial charge on any atom is -0.254 e. The largest absolute Gasteiger partial charge is 0.317 e. The van der Waals surface area contributed by atoms with Crippen LogP contribution in [-0.4, -0.2) is 8.42 Å². The van der Waals surface area contributed by atoms with Crippen LogP contribution in [0, 0.1) is 0 Å². The monoisotopic (exact) mass is 337 g/mol. The van der Waals surface area contributed by atoms with E-state index in [2.05, 4.69) is 19.3 Å². The molecule has 1 unspecified atom stereocenters. The molecule has 1 aromatic carbocycles. The van der Waals surface area contributed by atoms with Crippen LogP contribution >= 0.6 is 0 Å². The second-order valence-electron chi connectivity index (χ2n) is 6.31. The molecule has 0 amide bonds. The fraction of sp³-hybridized carbons (Fsp3) is 0.556. The lowest BCUT2D eigenvalue weighted by Gasteiger charge is -2.17. The first kappa shape index (κ1) is 18.0. The van der Waals surface area contributed by atoms with Gasteiger partial charge in [0.2, 0.25) is 0 Å². The zero-order valence-corrected chi connectivity index (χ0v) is 15.1. The summed E-state index contributed by atoms with van der Waals surface area (Å²) in [4.78, 5) is 0.179. The van der Waals surface area contributed by atoms with Gasteiger partial charge in [0, 0.05) is 5.70 Å². The molecule has 0 radical (unpaired) electrons. The van der Waals surface area contributed by atoms with Crippen molar-refractivity contribution in [1.82, 2.24) is 5.48 Å². The van der Waals surface area contributed by atoms with Gasteiger partial charge in [-0.25, -0.2) is 0 Å². The number of hydrogen-bond acceptors (Lipinski definition) is 4. The minimum atomic E-state index is -3.79. The van der Waals surface area contributed by atoms with Gasteiger partial charge >= 0.3 is 10.1 Å². The fourth-order valence-electron chi connectivity index (χ4n) is 2.79. The van der Waals surface area contributed by atoms with Crippen LogP contribution in [0.4, 0.5) is 0 Å². The summed E-state index contributed by atoms with van der Waals surface area (Å²) in [6, 6.07) is 6.94. The standard InChI is InChI=1S/C18H27NO3S/c1-4-14(2)16-10-12-18(13-11-16)23(20,21)22-19-15(3)17-8-6-5-7-9-17/h10-14,19H,4-9H2,1-3H3. The van der Waals surface area contributed by atoms with Crippen LogP contribution in [0.25, 0.3) is 0 Å². The van der Waals surface area contributed by atoms with Crippen molar-refractivity contribution in [3.05, 3.63) is 41.1 Å². The van der Waals surface area contributed by atoms with E-state index in [9.17, 15) is 8.42 Å². The van der Waals surface area contributed by atoms with Crippen LogP contribution in [0.5, 0.6) is 0 Å². The molecule has 0 aromatic heterocycles. The van der Waals surface area contributed by atoms with E-state index in [1.54, 1.807) is 12.1 Å². The van der Waals surface area contributed by atoms with Crippen LogP contribution in [-0.2, 0) is 14.4 Å². The molecule has 1 aliphatic rings. The lowest BCUT2D eigenvalue weighted by molar-refractivity contribution is 0.234. The molecule has 0 saturated heterocycles. The molecule has 0 heterocycles. The quantitative estimate of drug-likeness (QED) is 0.768. The van der Waals surface area contributed by atoms with Gasteiger partial charge < -0.3 is 0 Å². The van der Waals surface area contributed by atoms with Gasteiger partial charge in [-0.2, -0.15) is 8.42 Å². The van der Waals surface area contributed by atoms with E-state index in [1.165, 1.54) is 12.0 Å². The number of benzene rings is 1. The Balaban J connectivity index is 2.04. The SMILES string of the molecule is CCC(C)c1ccc(S(=O)(=O)ONC(C)=C2CCCCC2)cc1. The summed E-state index contributed by atoms with van der Waals surface area (Å²) in [5, 5.41) is 0. The summed E-state index contributed by atoms with van der Waals surface area (Å²) >= 11 is 0. The van der Waals surface area contributed by atoms with Gasteiger partial charge in [0.15, 0.2) is 0 Å². The lowest BCUT2D eigenvalue weighted by Crippen LogP contribution is -2.20. The highest BCUT2D eigenvalue weighted by atomic mass is 32.2. The van der Waals surface area contributed by atoms with Gasteiger partial charge in [-0.1, -0.05) is 32.4 Å². The van der Waals surface area contributed by atoms with Crippen molar-refractivity contribution < 1.29 is 12.7 Å². The van der Waals surface area contributed by atoms with Crippen molar-refractivity contribution in [2.24, 2.45) is 0 Å². The molecule has 23 heavy (non-hydrogen) atoms. The summed E-state index contributed by atoms with van der Waals surface area (Å²) in [6.45, 7) is 6.12. The summed E-state index contributed by atoms with van der Waals surface area (Å²) in [6.07, 6.45) is 6.64. The third-order valence-corrected chi connectivity index (χ3v) is 5.79. The molecular formula is C18H27NO3S. The third kappa shape index (κ3) is 4.82. The second kappa shape index (κ2) is 7.97. The summed E-state index contributed by atoms with van der Waals surface area (Å²) < 4.78 is 29.5. The summed E-state index contributed by atoms with van der Waals surface area (Å²) in [5.74, 6) is 0.420. The molecule has 1 saturated carbocycles. The van der Waals surface area contributed by atoms with Crippen molar-refractivity contribution in [1.29, 1.82) is 0 Å². The van der Waals surface area contributed by atoms with Crippen LogP contribution in [0.1, 0.15) is 70.8 Å². The molecule has 5 heteroatoms. The van der Waals surface area contributed by atoms with Gasteiger partial charge in [0.1, 0.15) is 0 Å². The van der Waals surface area contributed by atoms with Gasteiger partial charge in [-0.15, -0.1) is 4.28 Å². The number of rotatable bonds is 6. The maximum absolute atomic E-state index is 12.3. The Kier molecular flexibility index (Phi) is 6.25. The Labute approximate surface area is 140 Å². The first-order chi connectivity index (χ1) is 10.9. The maximum Gasteiger partial charge on any atom is 0.317 e. The normalized spacial score (nSPS) is 16.9. The molecule has 128 valence electrons. The van der Waals surface area contributed by atoms with E-state index < -0.39 is 10.1 Å². The molecule has 1 N–H and O–H groups in total. The molecule has 1 aliphatic carbocycles. The molecule has 0 bridgehead atoms. The van der Waals surface area contributed by atoms with E-state index in [1.807, 2.05) is 19.1 Å². The topological polar surface area (TPSA) is 55.4 Å². The van der Waals surface area contributed by atoms with Gasteiger partial charge in [-0.3, -0.25) is 5.48 Å². The van der Waals surface area contributed by atoms with Gasteiger partial charge in [-0.05, 0) is 68.2 Å². The van der Waals surface area contributed by atoms with Crippen molar-refractivity contribution in [3.63, 3.8) is 0 Å². The van der Waals surface area contributed by atoms with E-state index in [4.69, 9.17) is 4.28 Å². The zero-order valence-electron chi connectivity index (χ0n) is 14.3. The van der Waals surface area contributed by atoms with Crippen LogP contribution in [0.2, 0.25) is 0 Å². The number of hydrogen-bond donors (Lipinski definition) is 1. The van der Waals surface area contributed by atoms with Crippen molar-refractivity contribution >= 4 is 10.1 Å². The van der Waals surface area contributed by atoms with Crippen molar-refractivity contribution in [2.75, 3.05) is 0 Å². The molecular weight excluding hydrogens is 310 g/mol. The van der Waals surface area contributed by atoms with Crippen LogP contribution in [0.3, 0.4) is 0 Å². The van der Waals surface area contributed by atoms with Crippen molar-refractivity contribution in [2.45, 2.75) is 70.1 Å². The highest BCUT2D eigenvalue weighted by molar-refractivity contribution is 7.86. The Morgan fingerprint density at radius 3 is 2.35 bits per heavy atom. The smallest absolute Gasteiger partial charge is 0.254 e. The Hall–Kier alpha value is -1.33. The van der Waals surface area contributed by atoms with E-state index in [0.29, 0.717) is 5.92 Å². The molecule has 0 spiro atoms.